The van der Waals surface area contributed by atoms with Gasteiger partial charge in [-0.15, -0.1) is 0 Å². The van der Waals surface area contributed by atoms with E-state index in [0.29, 0.717) is 43.6 Å². The summed E-state index contributed by atoms with van der Waals surface area (Å²) < 4.78 is 13.2. The number of hydrogen-bond acceptors (Lipinski definition) is 4. The number of aromatic nitrogens is 1. The van der Waals surface area contributed by atoms with Crippen LogP contribution in [0, 0.1) is 5.95 Å². The minimum Gasteiger partial charge on any atom is -0.389 e. The van der Waals surface area contributed by atoms with Crippen molar-refractivity contribution in [1.29, 1.82) is 0 Å². The summed E-state index contributed by atoms with van der Waals surface area (Å²) in [7, 11) is 1.83. The maximum atomic E-state index is 13.2. The molecule has 0 radical (unpaired) electrons. The Morgan fingerprint density at radius 2 is 1.92 bits per heavy atom. The molecule has 2 heterocycles. The standard InChI is InChI=1S/C19H22FN3O2/c1-21-15-7-5-14(6-8-15)18(24)23-11-9-19(25,10-12-23)13-16-3-2-4-17(20)22-16/h2-8,21,25H,9-13H2,1H3. The van der Waals surface area contributed by atoms with E-state index in [0.717, 1.165) is 5.69 Å². The van der Waals surface area contributed by atoms with Crippen LogP contribution in [-0.2, 0) is 6.42 Å². The first-order valence-electron chi connectivity index (χ1n) is 8.40. The molecular formula is C19H22FN3O2. The van der Waals surface area contributed by atoms with Crippen molar-refractivity contribution in [2.75, 3.05) is 25.5 Å². The van der Waals surface area contributed by atoms with Crippen LogP contribution in [0.2, 0.25) is 0 Å². The van der Waals surface area contributed by atoms with E-state index in [2.05, 4.69) is 10.3 Å². The van der Waals surface area contributed by atoms with E-state index < -0.39 is 11.5 Å². The average Bonchev–Trinajstić information content (AvgIpc) is 2.61. The SMILES string of the molecule is CNc1ccc(C(=O)N2CCC(O)(Cc3cccc(F)n3)CC2)cc1. The van der Waals surface area contributed by atoms with Gasteiger partial charge in [0.1, 0.15) is 0 Å². The number of halogens is 1. The lowest BCUT2D eigenvalue weighted by molar-refractivity contribution is -0.0169. The molecule has 25 heavy (non-hydrogen) atoms. The molecule has 6 heteroatoms. The largest absolute Gasteiger partial charge is 0.389 e. The van der Waals surface area contributed by atoms with Crippen molar-refractivity contribution in [3.8, 4) is 0 Å². The van der Waals surface area contributed by atoms with Gasteiger partial charge in [0.2, 0.25) is 5.95 Å². The van der Waals surface area contributed by atoms with Crippen molar-refractivity contribution in [3.63, 3.8) is 0 Å². The van der Waals surface area contributed by atoms with E-state index in [9.17, 15) is 14.3 Å². The van der Waals surface area contributed by atoms with Crippen LogP contribution in [0.3, 0.4) is 0 Å². The van der Waals surface area contributed by atoms with Crippen LogP contribution in [0.15, 0.2) is 42.5 Å². The van der Waals surface area contributed by atoms with Gasteiger partial charge in [-0.3, -0.25) is 4.79 Å². The molecule has 0 bridgehead atoms. The van der Waals surface area contributed by atoms with Crippen LogP contribution in [0.4, 0.5) is 10.1 Å². The monoisotopic (exact) mass is 343 g/mol. The smallest absolute Gasteiger partial charge is 0.253 e. The summed E-state index contributed by atoms with van der Waals surface area (Å²) in [6.45, 7) is 0.941. The number of likely N-dealkylation sites (tertiary alicyclic amines) is 1. The average molecular weight is 343 g/mol. The van der Waals surface area contributed by atoms with E-state index in [-0.39, 0.29) is 5.91 Å². The van der Waals surface area contributed by atoms with Gasteiger partial charge >= 0.3 is 0 Å². The Morgan fingerprint density at radius 3 is 2.52 bits per heavy atom. The van der Waals surface area contributed by atoms with E-state index in [1.165, 1.54) is 6.07 Å². The van der Waals surface area contributed by atoms with E-state index in [1.54, 1.807) is 29.2 Å². The van der Waals surface area contributed by atoms with E-state index in [4.69, 9.17) is 0 Å². The molecule has 2 aromatic rings. The fourth-order valence-electron chi connectivity index (χ4n) is 3.15. The number of amides is 1. The van der Waals surface area contributed by atoms with E-state index >= 15 is 0 Å². The molecule has 0 saturated carbocycles. The zero-order chi connectivity index (χ0) is 17.9. The second kappa shape index (κ2) is 7.19. The predicted molar refractivity (Wildman–Crippen MR) is 94.0 cm³/mol. The Labute approximate surface area is 146 Å². The molecule has 0 atom stereocenters. The molecule has 1 aromatic heterocycles. The molecule has 2 N–H and O–H groups in total. The first-order valence-corrected chi connectivity index (χ1v) is 8.40. The Morgan fingerprint density at radius 1 is 1.24 bits per heavy atom. The summed E-state index contributed by atoms with van der Waals surface area (Å²) in [4.78, 5) is 18.1. The zero-order valence-electron chi connectivity index (χ0n) is 14.2. The Hall–Kier alpha value is -2.47. The number of nitrogens with zero attached hydrogens (tertiary/aromatic N) is 2. The summed E-state index contributed by atoms with van der Waals surface area (Å²) in [5.41, 5.74) is 1.17. The Balaban J connectivity index is 1.61. The molecule has 0 aliphatic carbocycles. The highest BCUT2D eigenvalue weighted by atomic mass is 19.1. The van der Waals surface area contributed by atoms with Crippen LogP contribution >= 0.6 is 0 Å². The van der Waals surface area contributed by atoms with Gasteiger partial charge in [0, 0.05) is 43.5 Å². The topological polar surface area (TPSA) is 65.5 Å². The third-order valence-electron chi connectivity index (χ3n) is 4.68. The lowest BCUT2D eigenvalue weighted by Crippen LogP contribution is -2.47. The van der Waals surface area contributed by atoms with Crippen molar-refractivity contribution in [3.05, 3.63) is 59.7 Å². The molecular weight excluding hydrogens is 321 g/mol. The molecule has 1 amide bonds. The number of carbonyl (C=O) groups is 1. The van der Waals surface area contributed by atoms with Crippen molar-refractivity contribution in [2.45, 2.75) is 24.9 Å². The quantitative estimate of drug-likeness (QED) is 0.837. The Bertz CT molecular complexity index is 741. The summed E-state index contributed by atoms with van der Waals surface area (Å²) in [6.07, 6.45) is 1.20. The number of rotatable bonds is 4. The molecule has 1 aliphatic rings. The Kier molecular flexibility index (Phi) is 4.99. The maximum absolute atomic E-state index is 13.2. The zero-order valence-corrected chi connectivity index (χ0v) is 14.2. The van der Waals surface area contributed by atoms with Crippen LogP contribution in [0.25, 0.3) is 0 Å². The minimum atomic E-state index is -0.951. The van der Waals surface area contributed by atoms with Gasteiger partial charge in [0.25, 0.3) is 5.91 Å². The number of carbonyl (C=O) groups excluding carboxylic acids is 1. The second-order valence-electron chi connectivity index (χ2n) is 6.47. The lowest BCUT2D eigenvalue weighted by atomic mass is 9.86. The molecule has 1 fully saturated rings. The van der Waals surface area contributed by atoms with Crippen LogP contribution in [-0.4, -0.2) is 46.6 Å². The van der Waals surface area contributed by atoms with E-state index in [1.807, 2.05) is 19.2 Å². The number of anilines is 1. The van der Waals surface area contributed by atoms with Crippen molar-refractivity contribution in [2.24, 2.45) is 0 Å². The third kappa shape index (κ3) is 4.14. The highest BCUT2D eigenvalue weighted by molar-refractivity contribution is 5.94. The highest BCUT2D eigenvalue weighted by Gasteiger charge is 2.34. The van der Waals surface area contributed by atoms with Gasteiger partial charge in [0.05, 0.1) is 5.60 Å². The van der Waals surface area contributed by atoms with Crippen molar-refractivity contribution in [1.82, 2.24) is 9.88 Å². The van der Waals surface area contributed by atoms with Gasteiger partial charge in [-0.1, -0.05) is 6.07 Å². The maximum Gasteiger partial charge on any atom is 0.253 e. The van der Waals surface area contributed by atoms with Gasteiger partial charge in [-0.25, -0.2) is 4.98 Å². The summed E-state index contributed by atoms with van der Waals surface area (Å²) in [5, 5.41) is 13.8. The van der Waals surface area contributed by atoms with Crippen molar-refractivity contribution < 1.29 is 14.3 Å². The fraction of sp³-hybridized carbons (Fsp3) is 0.368. The molecule has 0 spiro atoms. The van der Waals surface area contributed by atoms with Gasteiger partial charge in [-0.2, -0.15) is 4.39 Å². The molecule has 5 nitrogen and oxygen atoms in total. The second-order valence-corrected chi connectivity index (χ2v) is 6.47. The molecule has 3 rings (SSSR count). The van der Waals surface area contributed by atoms with Gasteiger partial charge in [-0.05, 0) is 49.2 Å². The number of pyridine rings is 1. The van der Waals surface area contributed by atoms with Gasteiger partial charge in [0.15, 0.2) is 0 Å². The predicted octanol–water partition coefficient (Wildman–Crippen LogP) is 2.47. The lowest BCUT2D eigenvalue weighted by Gasteiger charge is -2.38. The number of benzene rings is 1. The number of hydrogen-bond donors (Lipinski definition) is 2. The molecule has 132 valence electrons. The summed E-state index contributed by atoms with van der Waals surface area (Å²) >= 11 is 0. The number of piperidine rings is 1. The van der Waals surface area contributed by atoms with Crippen LogP contribution in [0.1, 0.15) is 28.9 Å². The summed E-state index contributed by atoms with van der Waals surface area (Å²) in [6, 6.07) is 11.9. The van der Waals surface area contributed by atoms with Crippen LogP contribution in [0.5, 0.6) is 0 Å². The number of nitrogens with one attached hydrogen (secondary N) is 1. The summed E-state index contributed by atoms with van der Waals surface area (Å²) in [5.74, 6) is -0.577. The normalized spacial score (nSPS) is 16.5. The van der Waals surface area contributed by atoms with Gasteiger partial charge < -0.3 is 15.3 Å². The third-order valence-corrected chi connectivity index (χ3v) is 4.68. The molecule has 0 unspecified atom stereocenters. The first kappa shape index (κ1) is 17.4. The molecule has 1 aliphatic heterocycles. The molecule has 1 aromatic carbocycles. The fourth-order valence-corrected chi connectivity index (χ4v) is 3.15. The van der Waals surface area contributed by atoms with Crippen LogP contribution < -0.4 is 5.32 Å². The highest BCUT2D eigenvalue weighted by Crippen LogP contribution is 2.27. The first-order chi connectivity index (χ1) is 12.0. The minimum absolute atomic E-state index is 0.0337. The number of aliphatic hydroxyl groups is 1. The molecule has 1 saturated heterocycles. The van der Waals surface area contributed by atoms with Crippen molar-refractivity contribution >= 4 is 11.6 Å².